The fourth-order valence-corrected chi connectivity index (χ4v) is 1.82. The van der Waals surface area contributed by atoms with Crippen LogP contribution in [-0.4, -0.2) is 14.9 Å². The second kappa shape index (κ2) is 3.99. The van der Waals surface area contributed by atoms with Gasteiger partial charge in [-0.1, -0.05) is 0 Å². The second-order valence-corrected chi connectivity index (χ2v) is 4.31. The van der Waals surface area contributed by atoms with Crippen LogP contribution in [0, 0.1) is 11.6 Å². The minimum absolute atomic E-state index is 0.0515. The number of anilines is 1. The number of hydrogen-bond donors (Lipinski definition) is 2. The van der Waals surface area contributed by atoms with Gasteiger partial charge in [-0.05, 0) is 22.0 Å². The molecule has 0 fully saturated rings. The van der Waals surface area contributed by atoms with Gasteiger partial charge >= 0.3 is 0 Å². The van der Waals surface area contributed by atoms with Gasteiger partial charge in [0.15, 0.2) is 11.6 Å². The van der Waals surface area contributed by atoms with Gasteiger partial charge in [0.05, 0.1) is 10.0 Å². The summed E-state index contributed by atoms with van der Waals surface area (Å²) >= 11 is 2.93. The molecule has 2 aromatic rings. The summed E-state index contributed by atoms with van der Waals surface area (Å²) in [5.41, 5.74) is 5.30. The number of nitrogens with two attached hydrogens (primary N) is 1. The average molecular weight is 304 g/mol. The Morgan fingerprint density at radius 3 is 2.59 bits per heavy atom. The summed E-state index contributed by atoms with van der Waals surface area (Å²) in [6.45, 7) is 0. The van der Waals surface area contributed by atoms with Crippen LogP contribution in [0.15, 0.2) is 16.6 Å². The van der Waals surface area contributed by atoms with Gasteiger partial charge in [-0.15, -0.1) is 0 Å². The topological polar surface area (TPSA) is 64.1 Å². The van der Waals surface area contributed by atoms with E-state index in [1.807, 2.05) is 0 Å². The molecule has 0 aliphatic heterocycles. The lowest BCUT2D eigenvalue weighted by molar-refractivity contribution is 0.454. The van der Waals surface area contributed by atoms with Gasteiger partial charge in [0, 0.05) is 13.1 Å². The van der Waals surface area contributed by atoms with Crippen LogP contribution in [0.3, 0.4) is 0 Å². The number of aromatic hydroxyl groups is 1. The predicted octanol–water partition coefficient (Wildman–Crippen LogP) is 2.42. The Bertz CT molecular complexity index is 552. The molecule has 0 radical (unpaired) electrons. The highest BCUT2D eigenvalue weighted by atomic mass is 79.9. The molecule has 7 heteroatoms. The molecule has 0 spiro atoms. The second-order valence-electron chi connectivity index (χ2n) is 3.46. The van der Waals surface area contributed by atoms with E-state index in [0.717, 1.165) is 6.07 Å². The zero-order valence-electron chi connectivity index (χ0n) is 8.71. The molecule has 1 aromatic carbocycles. The fraction of sp³-hybridized carbons (Fsp3) is 0.100. The van der Waals surface area contributed by atoms with Crippen molar-refractivity contribution in [2.45, 2.75) is 0 Å². The number of rotatable bonds is 1. The van der Waals surface area contributed by atoms with Crippen LogP contribution in [-0.2, 0) is 7.05 Å². The van der Waals surface area contributed by atoms with E-state index in [-0.39, 0.29) is 21.5 Å². The molecule has 3 N–H and O–H groups in total. The number of aromatic nitrogens is 2. The van der Waals surface area contributed by atoms with E-state index in [0.29, 0.717) is 0 Å². The first-order chi connectivity index (χ1) is 7.91. The third-order valence-corrected chi connectivity index (χ3v) is 2.92. The van der Waals surface area contributed by atoms with Crippen LogP contribution in [0.2, 0.25) is 0 Å². The minimum atomic E-state index is -1.16. The van der Waals surface area contributed by atoms with Gasteiger partial charge in [0.25, 0.3) is 0 Å². The third kappa shape index (κ3) is 1.86. The number of phenols is 1. The molecular weight excluding hydrogens is 296 g/mol. The number of phenolic OH excluding ortho intramolecular Hbond substituents is 1. The third-order valence-electron chi connectivity index (χ3n) is 2.32. The number of halogens is 3. The Morgan fingerprint density at radius 1 is 1.41 bits per heavy atom. The van der Waals surface area contributed by atoms with Crippen LogP contribution in [0.1, 0.15) is 0 Å². The molecule has 0 atom stereocenters. The number of hydrogen-bond acceptors (Lipinski definition) is 3. The van der Waals surface area contributed by atoms with Gasteiger partial charge in [-0.25, -0.2) is 8.78 Å². The first-order valence-electron chi connectivity index (χ1n) is 4.58. The first kappa shape index (κ1) is 11.8. The van der Waals surface area contributed by atoms with Crippen molar-refractivity contribution in [1.29, 1.82) is 0 Å². The molecule has 0 aliphatic carbocycles. The van der Waals surface area contributed by atoms with Crippen LogP contribution in [0.25, 0.3) is 11.3 Å². The first-order valence-corrected chi connectivity index (χ1v) is 5.37. The van der Waals surface area contributed by atoms with E-state index < -0.39 is 17.4 Å². The smallest absolute Gasteiger partial charge is 0.172 e. The van der Waals surface area contributed by atoms with E-state index in [2.05, 4.69) is 21.0 Å². The highest BCUT2D eigenvalue weighted by Crippen LogP contribution is 2.38. The van der Waals surface area contributed by atoms with E-state index in [1.165, 1.54) is 10.7 Å². The van der Waals surface area contributed by atoms with Crippen molar-refractivity contribution in [3.8, 4) is 17.0 Å². The summed E-state index contributed by atoms with van der Waals surface area (Å²) in [5, 5.41) is 13.6. The number of aryl methyl sites for hydroxylation is 1. The maximum Gasteiger partial charge on any atom is 0.172 e. The van der Waals surface area contributed by atoms with Gasteiger partial charge < -0.3 is 10.8 Å². The molecule has 1 aromatic heterocycles. The summed E-state index contributed by atoms with van der Waals surface area (Å²) in [5.74, 6) is -2.38. The molecule has 1 heterocycles. The Hall–Kier alpha value is -1.63. The summed E-state index contributed by atoms with van der Waals surface area (Å²) < 4.78 is 28.2. The monoisotopic (exact) mass is 303 g/mol. The lowest BCUT2D eigenvalue weighted by atomic mass is 10.1. The highest BCUT2D eigenvalue weighted by Gasteiger charge is 2.21. The van der Waals surface area contributed by atoms with E-state index in [4.69, 9.17) is 5.73 Å². The fourth-order valence-electron chi connectivity index (χ4n) is 1.42. The molecule has 0 saturated heterocycles. The molecule has 0 unspecified atom stereocenters. The normalized spacial score (nSPS) is 10.8. The molecule has 0 saturated carbocycles. The average Bonchev–Trinajstić information content (AvgIpc) is 2.57. The summed E-state index contributed by atoms with van der Waals surface area (Å²) in [6.07, 6.45) is 0. The van der Waals surface area contributed by atoms with Gasteiger partial charge in [-0.2, -0.15) is 5.10 Å². The minimum Gasteiger partial charge on any atom is -0.506 e. The molecule has 2 rings (SSSR count). The summed E-state index contributed by atoms with van der Waals surface area (Å²) in [4.78, 5) is 0. The van der Waals surface area contributed by atoms with Gasteiger partial charge in [0.1, 0.15) is 17.3 Å². The van der Waals surface area contributed by atoms with Crippen LogP contribution >= 0.6 is 15.9 Å². The van der Waals surface area contributed by atoms with Crippen LogP contribution in [0.5, 0.6) is 5.75 Å². The maximum atomic E-state index is 13.6. The number of benzene rings is 1. The van der Waals surface area contributed by atoms with Gasteiger partial charge in [0.2, 0.25) is 0 Å². The van der Waals surface area contributed by atoms with Crippen molar-refractivity contribution in [3.05, 3.63) is 28.2 Å². The van der Waals surface area contributed by atoms with Crippen molar-refractivity contribution in [1.82, 2.24) is 9.78 Å². The molecule has 0 aliphatic rings. The molecule has 0 bridgehead atoms. The lowest BCUT2D eigenvalue weighted by Crippen LogP contribution is -1.97. The highest BCUT2D eigenvalue weighted by molar-refractivity contribution is 9.10. The number of nitrogen functional groups attached to an aromatic ring is 1. The zero-order valence-corrected chi connectivity index (χ0v) is 10.3. The Labute approximate surface area is 104 Å². The molecular formula is C10H8BrF2N3O. The number of nitrogens with zero attached hydrogens (tertiary/aromatic N) is 2. The molecule has 4 nitrogen and oxygen atoms in total. The Morgan fingerprint density at radius 2 is 2.06 bits per heavy atom. The van der Waals surface area contributed by atoms with E-state index >= 15 is 0 Å². The molecule has 17 heavy (non-hydrogen) atoms. The van der Waals surface area contributed by atoms with Gasteiger partial charge in [-0.3, -0.25) is 4.68 Å². The largest absolute Gasteiger partial charge is 0.506 e. The lowest BCUT2D eigenvalue weighted by Gasteiger charge is -2.06. The quantitative estimate of drug-likeness (QED) is 0.795. The summed E-state index contributed by atoms with van der Waals surface area (Å²) in [6, 6.07) is 2.20. The molecule has 0 amide bonds. The Balaban J connectivity index is 2.74. The summed E-state index contributed by atoms with van der Waals surface area (Å²) in [7, 11) is 1.56. The standard InChI is InChI=1S/C10H8BrF2N3O/c1-16-7(14)3-6(15-16)8-9(13)5(12)2-4(11)10(8)17/h2-3,17H,14H2,1H3. The van der Waals surface area contributed by atoms with E-state index in [1.54, 1.807) is 7.05 Å². The predicted molar refractivity (Wildman–Crippen MR) is 62.3 cm³/mol. The van der Waals surface area contributed by atoms with E-state index in [9.17, 15) is 13.9 Å². The SMILES string of the molecule is Cn1nc(-c2c(O)c(Br)cc(F)c2F)cc1N. The van der Waals surface area contributed by atoms with Crippen molar-refractivity contribution in [2.75, 3.05) is 5.73 Å². The Kier molecular flexibility index (Phi) is 2.78. The van der Waals surface area contributed by atoms with Crippen molar-refractivity contribution < 1.29 is 13.9 Å². The van der Waals surface area contributed by atoms with Crippen LogP contribution in [0.4, 0.5) is 14.6 Å². The van der Waals surface area contributed by atoms with Crippen molar-refractivity contribution in [2.24, 2.45) is 7.05 Å². The van der Waals surface area contributed by atoms with Crippen molar-refractivity contribution in [3.63, 3.8) is 0 Å². The zero-order chi connectivity index (χ0) is 12.7. The molecule has 90 valence electrons. The van der Waals surface area contributed by atoms with Crippen molar-refractivity contribution >= 4 is 21.7 Å². The van der Waals surface area contributed by atoms with Crippen LogP contribution < -0.4 is 5.73 Å². The maximum absolute atomic E-state index is 13.6.